The molecule has 0 bridgehead atoms. The zero-order valence-electron chi connectivity index (χ0n) is 22.1. The van der Waals surface area contributed by atoms with Crippen LogP contribution >= 0.6 is 0 Å². The topological polar surface area (TPSA) is 30.7 Å². The fourth-order valence-corrected chi connectivity index (χ4v) is 6.81. The molecule has 0 unspecified atom stereocenters. The third kappa shape index (κ3) is 3.09. The van der Waals surface area contributed by atoms with E-state index in [2.05, 4.69) is 126 Å². The molecule has 0 saturated carbocycles. The van der Waals surface area contributed by atoms with Gasteiger partial charge in [-0.15, -0.1) is 0 Å². The van der Waals surface area contributed by atoms with Crippen LogP contribution in [0.5, 0.6) is 0 Å². The average Bonchev–Trinajstić information content (AvgIpc) is 3.37. The first-order chi connectivity index (χ1) is 20.4. The molecule has 8 aromatic rings. The van der Waals surface area contributed by atoms with Crippen molar-refractivity contribution in [3.05, 3.63) is 140 Å². The van der Waals surface area contributed by atoms with Gasteiger partial charge in [0.15, 0.2) is 5.65 Å². The molecule has 3 nitrogen and oxygen atoms in total. The smallest absolute Gasteiger partial charge is 0.159 e. The van der Waals surface area contributed by atoms with Gasteiger partial charge in [-0.3, -0.25) is 0 Å². The van der Waals surface area contributed by atoms with Crippen LogP contribution in [0, 0.1) is 0 Å². The van der Waals surface area contributed by atoms with E-state index in [4.69, 9.17) is 9.97 Å². The molecule has 1 aliphatic carbocycles. The van der Waals surface area contributed by atoms with Gasteiger partial charge in [0, 0.05) is 45.2 Å². The number of nitrogens with zero attached hydrogens (tertiary/aromatic N) is 3. The van der Waals surface area contributed by atoms with E-state index in [1.165, 1.54) is 55.2 Å². The molecule has 1 aliphatic rings. The lowest BCUT2D eigenvalue weighted by Gasteiger charge is -2.26. The average molecular weight is 522 g/mol. The van der Waals surface area contributed by atoms with Crippen LogP contribution in [-0.2, 0) is 0 Å². The molecule has 190 valence electrons. The second kappa shape index (κ2) is 8.48. The molecule has 0 saturated heterocycles. The van der Waals surface area contributed by atoms with Gasteiger partial charge in [0.2, 0.25) is 0 Å². The first-order valence-corrected chi connectivity index (χ1v) is 13.9. The summed E-state index contributed by atoms with van der Waals surface area (Å²) < 4.78 is 2.44. The minimum atomic E-state index is 0.751. The minimum absolute atomic E-state index is 0.751. The molecule has 0 N–H and O–H groups in total. The van der Waals surface area contributed by atoms with Gasteiger partial charge in [-0.1, -0.05) is 97.1 Å². The van der Waals surface area contributed by atoms with Crippen molar-refractivity contribution in [3.63, 3.8) is 0 Å². The molecule has 3 heterocycles. The molecular weight excluding hydrogens is 498 g/mol. The Morgan fingerprint density at radius 1 is 0.390 bits per heavy atom. The zero-order chi connectivity index (χ0) is 26.9. The Labute approximate surface area is 237 Å². The lowest BCUT2D eigenvalue weighted by Crippen LogP contribution is -2.04. The number of rotatable bonds is 1. The van der Waals surface area contributed by atoms with E-state index in [-0.39, 0.29) is 0 Å². The maximum Gasteiger partial charge on any atom is 0.159 e. The standard InChI is InChI=1S/C38H23N3/c1-3-13-26-24(11-1)25-12-2-4-14-27(25)32-23-40-38-31(18-10-22-39-38)36(32)37-30(26)17-9-21-35(37)41-33-19-7-5-15-28(33)29-16-6-8-20-34(29)41/h1-23H. The van der Waals surface area contributed by atoms with Gasteiger partial charge in [0.05, 0.1) is 16.7 Å². The van der Waals surface area contributed by atoms with Crippen LogP contribution in [0.2, 0.25) is 0 Å². The quantitative estimate of drug-likeness (QED) is 0.215. The SMILES string of the molecule is c1ccc2c(c1)-c1ccccc1-c1cnc3ncccc3c1-c1c-2cccc1-n1c2ccccc2c2ccccc21. The van der Waals surface area contributed by atoms with Crippen molar-refractivity contribution in [1.82, 2.24) is 14.5 Å². The Morgan fingerprint density at radius 2 is 0.927 bits per heavy atom. The normalized spacial score (nSPS) is 11.9. The molecule has 0 aliphatic heterocycles. The third-order valence-electron chi connectivity index (χ3n) is 8.48. The van der Waals surface area contributed by atoms with Crippen LogP contribution in [0.4, 0.5) is 0 Å². The molecular formula is C38H23N3. The van der Waals surface area contributed by atoms with Gasteiger partial charge in [0.1, 0.15) is 0 Å². The number of pyridine rings is 2. The Morgan fingerprint density at radius 3 is 1.61 bits per heavy atom. The summed E-state index contributed by atoms with van der Waals surface area (Å²) in [6.07, 6.45) is 3.84. The Kier molecular flexibility index (Phi) is 4.61. The maximum atomic E-state index is 4.87. The van der Waals surface area contributed by atoms with Crippen molar-refractivity contribution >= 4 is 32.8 Å². The van der Waals surface area contributed by atoms with Crippen molar-refractivity contribution in [3.8, 4) is 50.2 Å². The van der Waals surface area contributed by atoms with Gasteiger partial charge < -0.3 is 4.57 Å². The third-order valence-corrected chi connectivity index (χ3v) is 8.48. The molecule has 0 amide bonds. The molecule has 5 aromatic carbocycles. The lowest BCUT2D eigenvalue weighted by atomic mass is 9.80. The van der Waals surface area contributed by atoms with Gasteiger partial charge in [0.25, 0.3) is 0 Å². The van der Waals surface area contributed by atoms with E-state index in [0.29, 0.717) is 0 Å². The number of para-hydroxylation sites is 2. The summed E-state index contributed by atoms with van der Waals surface area (Å²) >= 11 is 0. The van der Waals surface area contributed by atoms with E-state index >= 15 is 0 Å². The van der Waals surface area contributed by atoms with Gasteiger partial charge >= 0.3 is 0 Å². The highest BCUT2D eigenvalue weighted by molar-refractivity contribution is 6.14. The van der Waals surface area contributed by atoms with Crippen LogP contribution in [-0.4, -0.2) is 14.5 Å². The minimum Gasteiger partial charge on any atom is -0.309 e. The molecule has 0 atom stereocenters. The molecule has 3 heteroatoms. The highest BCUT2D eigenvalue weighted by Crippen LogP contribution is 2.51. The van der Waals surface area contributed by atoms with Gasteiger partial charge in [-0.2, -0.15) is 0 Å². The van der Waals surface area contributed by atoms with E-state index in [1.807, 2.05) is 18.5 Å². The van der Waals surface area contributed by atoms with E-state index < -0.39 is 0 Å². The molecule has 0 radical (unpaired) electrons. The summed E-state index contributed by atoms with van der Waals surface area (Å²) in [6, 6.07) is 45.8. The Balaban J connectivity index is 1.54. The van der Waals surface area contributed by atoms with Gasteiger partial charge in [-0.25, -0.2) is 9.97 Å². The summed E-state index contributed by atoms with van der Waals surface area (Å²) in [6.45, 7) is 0. The van der Waals surface area contributed by atoms with Crippen molar-refractivity contribution in [2.24, 2.45) is 0 Å². The van der Waals surface area contributed by atoms with Gasteiger partial charge in [-0.05, 0) is 58.1 Å². The largest absolute Gasteiger partial charge is 0.309 e. The van der Waals surface area contributed by atoms with Crippen LogP contribution in [0.25, 0.3) is 83.0 Å². The molecule has 0 spiro atoms. The number of aromatic nitrogens is 3. The molecule has 41 heavy (non-hydrogen) atoms. The second-order valence-corrected chi connectivity index (χ2v) is 10.6. The first-order valence-electron chi connectivity index (χ1n) is 13.9. The second-order valence-electron chi connectivity index (χ2n) is 10.6. The maximum absolute atomic E-state index is 4.87. The fraction of sp³-hybridized carbons (Fsp3) is 0. The zero-order valence-corrected chi connectivity index (χ0v) is 22.1. The molecule has 0 fully saturated rings. The van der Waals surface area contributed by atoms with Crippen molar-refractivity contribution in [2.75, 3.05) is 0 Å². The summed E-state index contributed by atoms with van der Waals surface area (Å²) in [4.78, 5) is 9.56. The van der Waals surface area contributed by atoms with Crippen molar-refractivity contribution in [2.45, 2.75) is 0 Å². The lowest BCUT2D eigenvalue weighted by molar-refractivity contribution is 1.18. The predicted octanol–water partition coefficient (Wildman–Crippen LogP) is 9.71. The summed E-state index contributed by atoms with van der Waals surface area (Å²) in [5.41, 5.74) is 13.8. The fourth-order valence-electron chi connectivity index (χ4n) is 6.81. The van der Waals surface area contributed by atoms with Crippen LogP contribution < -0.4 is 0 Å². The van der Waals surface area contributed by atoms with Crippen LogP contribution in [0.3, 0.4) is 0 Å². The number of hydrogen-bond donors (Lipinski definition) is 0. The molecule has 3 aromatic heterocycles. The number of hydrogen-bond acceptors (Lipinski definition) is 2. The van der Waals surface area contributed by atoms with E-state index in [1.54, 1.807) is 0 Å². The van der Waals surface area contributed by atoms with Crippen molar-refractivity contribution < 1.29 is 0 Å². The predicted molar refractivity (Wildman–Crippen MR) is 169 cm³/mol. The van der Waals surface area contributed by atoms with E-state index in [0.717, 1.165) is 27.8 Å². The number of benzene rings is 5. The summed E-state index contributed by atoms with van der Waals surface area (Å²) in [7, 11) is 0. The highest BCUT2D eigenvalue weighted by atomic mass is 15.0. The monoisotopic (exact) mass is 521 g/mol. The Hall–Kier alpha value is -5.54. The number of fused-ring (bicyclic) bond motifs is 13. The molecule has 9 rings (SSSR count). The summed E-state index contributed by atoms with van der Waals surface area (Å²) in [5.74, 6) is 0. The van der Waals surface area contributed by atoms with Crippen LogP contribution in [0.15, 0.2) is 140 Å². The van der Waals surface area contributed by atoms with Crippen molar-refractivity contribution in [1.29, 1.82) is 0 Å². The van der Waals surface area contributed by atoms with Crippen LogP contribution in [0.1, 0.15) is 0 Å². The highest BCUT2D eigenvalue weighted by Gasteiger charge is 2.27. The summed E-state index contributed by atoms with van der Waals surface area (Å²) in [5, 5.41) is 3.55. The van der Waals surface area contributed by atoms with E-state index in [9.17, 15) is 0 Å². The Bertz CT molecular complexity index is 2270. The first kappa shape index (κ1) is 22.3.